The van der Waals surface area contributed by atoms with Gasteiger partial charge >= 0.3 is 7.60 Å². The SMILES string of the molecule is O=P(O)(O)COC[C@H]1O[C@@H](n2cnc3c(NCCc4ccccc4)nc(Cl)nc32)[C@H](O)[C@@H]1O. The molecule has 1 aliphatic rings. The first-order valence-corrected chi connectivity index (χ1v) is 12.2. The Morgan fingerprint density at radius 3 is 2.67 bits per heavy atom. The van der Waals surface area contributed by atoms with Crippen molar-refractivity contribution in [2.24, 2.45) is 0 Å². The number of nitrogens with zero attached hydrogens (tertiary/aromatic N) is 4. The van der Waals surface area contributed by atoms with Crippen LogP contribution in [0.1, 0.15) is 11.8 Å². The summed E-state index contributed by atoms with van der Waals surface area (Å²) in [6.45, 7) is 0.244. The molecule has 0 spiro atoms. The maximum atomic E-state index is 10.9. The van der Waals surface area contributed by atoms with Gasteiger partial charge in [0.1, 0.15) is 24.7 Å². The molecule has 4 atom stereocenters. The van der Waals surface area contributed by atoms with E-state index >= 15 is 0 Å². The minimum Gasteiger partial charge on any atom is -0.387 e. The van der Waals surface area contributed by atoms with Crippen LogP contribution in [-0.2, 0) is 20.5 Å². The molecule has 1 aliphatic heterocycles. The third-order valence-corrected chi connectivity index (χ3v) is 5.78. The van der Waals surface area contributed by atoms with Gasteiger partial charge in [0, 0.05) is 6.54 Å². The molecule has 12 nitrogen and oxygen atoms in total. The number of ether oxygens (including phenoxy) is 2. The number of aliphatic hydroxyl groups excluding tert-OH is 2. The van der Waals surface area contributed by atoms with E-state index in [9.17, 15) is 14.8 Å². The molecule has 0 aliphatic carbocycles. The number of aromatic nitrogens is 4. The Morgan fingerprint density at radius 1 is 1.18 bits per heavy atom. The Kier molecular flexibility index (Phi) is 7.27. The highest BCUT2D eigenvalue weighted by Gasteiger charge is 2.44. The summed E-state index contributed by atoms with van der Waals surface area (Å²) in [5, 5.41) is 24.0. The molecule has 33 heavy (non-hydrogen) atoms. The average Bonchev–Trinajstić information content (AvgIpc) is 3.29. The standard InChI is InChI=1S/C19H23ClN5O7P/c20-19-23-16(21-7-6-11-4-2-1-3-5-11)13-17(24-19)25(9-22-13)18-15(27)14(26)12(32-18)8-31-10-33(28,29)30/h1-5,9,12,14-15,18,26-27H,6-8,10H2,(H,21,23,24)(H2,28,29,30)/t12-,14-,15-,18-/m1/s1. The molecule has 5 N–H and O–H groups in total. The molecule has 3 heterocycles. The summed E-state index contributed by atoms with van der Waals surface area (Å²) in [7, 11) is -4.37. The molecular formula is C19H23ClN5O7P. The summed E-state index contributed by atoms with van der Waals surface area (Å²) in [6.07, 6.45) is -3.50. The summed E-state index contributed by atoms with van der Waals surface area (Å²) >= 11 is 6.11. The van der Waals surface area contributed by atoms with Gasteiger partial charge < -0.3 is 34.8 Å². The molecule has 3 aromatic rings. The molecule has 1 fully saturated rings. The fourth-order valence-electron chi connectivity index (χ4n) is 3.55. The lowest BCUT2D eigenvalue weighted by Crippen LogP contribution is -2.33. The summed E-state index contributed by atoms with van der Waals surface area (Å²) in [4.78, 5) is 30.5. The number of rotatable bonds is 9. The number of imidazole rings is 1. The van der Waals surface area contributed by atoms with Crippen molar-refractivity contribution >= 4 is 36.2 Å². The van der Waals surface area contributed by atoms with E-state index < -0.39 is 38.5 Å². The van der Waals surface area contributed by atoms with E-state index in [0.717, 1.165) is 12.0 Å². The lowest BCUT2D eigenvalue weighted by atomic mass is 10.1. The van der Waals surface area contributed by atoms with Crippen molar-refractivity contribution in [1.82, 2.24) is 19.5 Å². The van der Waals surface area contributed by atoms with Crippen molar-refractivity contribution in [2.75, 3.05) is 24.8 Å². The fourth-order valence-corrected chi connectivity index (χ4v) is 4.06. The smallest absolute Gasteiger partial charge is 0.350 e. The molecule has 0 saturated carbocycles. The minimum absolute atomic E-state index is 0.0407. The average molecular weight is 500 g/mol. The van der Waals surface area contributed by atoms with E-state index in [1.54, 1.807) is 0 Å². The van der Waals surface area contributed by atoms with E-state index in [0.29, 0.717) is 17.9 Å². The zero-order valence-corrected chi connectivity index (χ0v) is 18.9. The lowest BCUT2D eigenvalue weighted by Gasteiger charge is -2.17. The predicted molar refractivity (Wildman–Crippen MR) is 118 cm³/mol. The second-order valence-electron chi connectivity index (χ2n) is 7.54. The molecule has 4 rings (SSSR count). The van der Waals surface area contributed by atoms with Crippen molar-refractivity contribution in [3.8, 4) is 0 Å². The van der Waals surface area contributed by atoms with Gasteiger partial charge in [-0.2, -0.15) is 9.97 Å². The van der Waals surface area contributed by atoms with Crippen LogP contribution in [0.15, 0.2) is 36.7 Å². The summed E-state index contributed by atoms with van der Waals surface area (Å²) in [5.74, 6) is 0.411. The van der Waals surface area contributed by atoms with Crippen LogP contribution in [0, 0.1) is 0 Å². The number of nitrogens with one attached hydrogen (secondary N) is 1. The molecule has 178 valence electrons. The Bertz CT molecular complexity index is 1140. The minimum atomic E-state index is -4.37. The first-order valence-electron chi connectivity index (χ1n) is 10.0. The Hall–Kier alpha value is -2.15. The Morgan fingerprint density at radius 2 is 1.94 bits per heavy atom. The number of anilines is 1. The second-order valence-corrected chi connectivity index (χ2v) is 9.46. The van der Waals surface area contributed by atoms with Crippen LogP contribution in [0.5, 0.6) is 0 Å². The van der Waals surface area contributed by atoms with Gasteiger partial charge in [-0.05, 0) is 23.6 Å². The summed E-state index contributed by atoms with van der Waals surface area (Å²) in [5.41, 5.74) is 1.83. The quantitative estimate of drug-likeness (QED) is 0.209. The zero-order valence-electron chi connectivity index (χ0n) is 17.2. The highest BCUT2D eigenvalue weighted by atomic mass is 35.5. The number of aliphatic hydroxyl groups is 2. The van der Waals surface area contributed by atoms with Gasteiger partial charge in [-0.15, -0.1) is 0 Å². The maximum Gasteiger partial charge on any atom is 0.350 e. The number of hydrogen-bond acceptors (Lipinski definition) is 9. The fraction of sp³-hybridized carbons (Fsp3) is 0.421. The molecule has 14 heteroatoms. The van der Waals surface area contributed by atoms with Gasteiger partial charge in [-0.3, -0.25) is 9.13 Å². The third kappa shape index (κ3) is 5.68. The lowest BCUT2D eigenvalue weighted by molar-refractivity contribution is -0.0612. The van der Waals surface area contributed by atoms with Crippen molar-refractivity contribution in [1.29, 1.82) is 0 Å². The van der Waals surface area contributed by atoms with E-state index in [2.05, 4.69) is 20.3 Å². The zero-order chi connectivity index (χ0) is 23.6. The van der Waals surface area contributed by atoms with Crippen LogP contribution in [0.2, 0.25) is 5.28 Å². The highest BCUT2D eigenvalue weighted by Crippen LogP contribution is 2.36. The van der Waals surface area contributed by atoms with Crippen molar-refractivity contribution in [3.63, 3.8) is 0 Å². The molecule has 1 aromatic carbocycles. The van der Waals surface area contributed by atoms with Crippen LogP contribution < -0.4 is 5.32 Å². The monoisotopic (exact) mass is 499 g/mol. The molecule has 0 radical (unpaired) electrons. The summed E-state index contributed by atoms with van der Waals surface area (Å²) < 4.78 is 23.0. The number of hydrogen-bond donors (Lipinski definition) is 5. The molecular weight excluding hydrogens is 477 g/mol. The first-order chi connectivity index (χ1) is 15.7. The predicted octanol–water partition coefficient (Wildman–Crippen LogP) is 0.905. The van der Waals surface area contributed by atoms with Gasteiger partial charge in [0.05, 0.1) is 12.9 Å². The van der Waals surface area contributed by atoms with E-state index in [-0.39, 0.29) is 17.5 Å². The van der Waals surface area contributed by atoms with Gasteiger partial charge in [0.2, 0.25) is 5.28 Å². The normalized spacial score (nSPS) is 23.3. The molecule has 0 bridgehead atoms. The number of halogens is 1. The molecule has 1 saturated heterocycles. The van der Waals surface area contributed by atoms with Crippen LogP contribution in [0.25, 0.3) is 11.2 Å². The van der Waals surface area contributed by atoms with Crippen LogP contribution >= 0.6 is 19.2 Å². The van der Waals surface area contributed by atoms with E-state index in [4.69, 9.17) is 30.9 Å². The largest absolute Gasteiger partial charge is 0.387 e. The molecule has 0 unspecified atom stereocenters. The number of fused-ring (bicyclic) bond motifs is 1. The maximum absolute atomic E-state index is 10.9. The summed E-state index contributed by atoms with van der Waals surface area (Å²) in [6, 6.07) is 9.90. The van der Waals surface area contributed by atoms with Gasteiger partial charge in [-0.1, -0.05) is 30.3 Å². The van der Waals surface area contributed by atoms with Crippen molar-refractivity contribution < 1.29 is 34.0 Å². The Balaban J connectivity index is 1.49. The van der Waals surface area contributed by atoms with Crippen LogP contribution in [-0.4, -0.2) is 77.3 Å². The van der Waals surface area contributed by atoms with Crippen LogP contribution in [0.4, 0.5) is 5.82 Å². The topological polar surface area (TPSA) is 172 Å². The molecule has 0 amide bonds. The second kappa shape index (κ2) is 10.00. The molecule has 2 aromatic heterocycles. The first kappa shape index (κ1) is 24.0. The Labute approximate surface area is 193 Å². The van der Waals surface area contributed by atoms with E-state index in [1.807, 2.05) is 30.3 Å². The van der Waals surface area contributed by atoms with Gasteiger partial charge in [0.15, 0.2) is 23.2 Å². The van der Waals surface area contributed by atoms with Crippen LogP contribution in [0.3, 0.4) is 0 Å². The van der Waals surface area contributed by atoms with Gasteiger partial charge in [0.25, 0.3) is 0 Å². The number of benzene rings is 1. The third-order valence-electron chi connectivity index (χ3n) is 5.10. The van der Waals surface area contributed by atoms with E-state index in [1.165, 1.54) is 10.9 Å². The van der Waals surface area contributed by atoms with Gasteiger partial charge in [-0.25, -0.2) is 4.98 Å². The van der Waals surface area contributed by atoms with Crippen molar-refractivity contribution in [2.45, 2.75) is 31.0 Å². The highest BCUT2D eigenvalue weighted by molar-refractivity contribution is 7.51. The van der Waals surface area contributed by atoms with Crippen molar-refractivity contribution in [3.05, 3.63) is 47.5 Å².